The van der Waals surface area contributed by atoms with Crippen molar-refractivity contribution in [1.29, 1.82) is 0 Å². The zero-order valence-electron chi connectivity index (χ0n) is 9.72. The van der Waals surface area contributed by atoms with Crippen LogP contribution in [0.4, 0.5) is 0 Å². The Morgan fingerprint density at radius 3 is 2.88 bits per heavy atom. The van der Waals surface area contributed by atoms with Crippen molar-refractivity contribution >= 4 is 11.8 Å². The van der Waals surface area contributed by atoms with E-state index in [0.29, 0.717) is 13.1 Å². The van der Waals surface area contributed by atoms with Crippen LogP contribution in [0.5, 0.6) is 0 Å². The van der Waals surface area contributed by atoms with E-state index in [1.165, 1.54) is 0 Å². The molecule has 0 aliphatic carbocycles. The van der Waals surface area contributed by atoms with Crippen molar-refractivity contribution in [3.05, 3.63) is 47.7 Å². The Morgan fingerprint density at radius 2 is 2.12 bits per heavy atom. The molecule has 2 heterocycles. The molecular formula is C12H15N3OS. The molecule has 1 N–H and O–H groups in total. The molecule has 2 aromatic heterocycles. The van der Waals surface area contributed by atoms with Crippen molar-refractivity contribution in [2.75, 3.05) is 6.26 Å². The topological polar surface area (TPSA) is 51.0 Å². The summed E-state index contributed by atoms with van der Waals surface area (Å²) in [5.41, 5.74) is 0.934. The lowest BCUT2D eigenvalue weighted by atomic mass is 10.3. The predicted octanol–water partition coefficient (Wildman–Crippen LogP) is 2.22. The largest absolute Gasteiger partial charge is 0.464 e. The molecule has 4 nitrogen and oxygen atoms in total. The van der Waals surface area contributed by atoms with Crippen molar-refractivity contribution in [3.8, 4) is 0 Å². The van der Waals surface area contributed by atoms with Crippen molar-refractivity contribution in [3.63, 3.8) is 0 Å². The molecule has 0 aliphatic heterocycles. The maximum Gasteiger partial charge on any atom is 0.118 e. The highest BCUT2D eigenvalue weighted by molar-refractivity contribution is 7.97. The van der Waals surface area contributed by atoms with Gasteiger partial charge in [-0.25, -0.2) is 0 Å². The number of nitrogens with zero attached hydrogens (tertiary/aromatic N) is 2. The second kappa shape index (κ2) is 6.42. The van der Waals surface area contributed by atoms with Gasteiger partial charge in [-0.2, -0.15) is 22.0 Å². The lowest BCUT2D eigenvalue weighted by Gasteiger charge is -2.01. The normalized spacial score (nSPS) is 10.6. The van der Waals surface area contributed by atoms with E-state index in [0.717, 1.165) is 23.0 Å². The molecule has 0 saturated heterocycles. The Morgan fingerprint density at radius 1 is 1.24 bits per heavy atom. The Bertz CT molecular complexity index is 444. The van der Waals surface area contributed by atoms with E-state index in [1.54, 1.807) is 18.0 Å². The number of hydrogen-bond donors (Lipinski definition) is 1. The summed E-state index contributed by atoms with van der Waals surface area (Å²) in [6, 6.07) is 7.86. The third kappa shape index (κ3) is 3.87. The van der Waals surface area contributed by atoms with Crippen LogP contribution in [0.25, 0.3) is 0 Å². The Hall–Kier alpha value is -1.33. The molecule has 0 aliphatic rings. The minimum absolute atomic E-state index is 0.701. The molecule has 0 bridgehead atoms. The van der Waals surface area contributed by atoms with Crippen LogP contribution in [0, 0.1) is 0 Å². The summed E-state index contributed by atoms with van der Waals surface area (Å²) in [6.45, 7) is 1.41. The second-order valence-corrected chi connectivity index (χ2v) is 4.49. The average Bonchev–Trinajstić information content (AvgIpc) is 2.79. The summed E-state index contributed by atoms with van der Waals surface area (Å²) in [5, 5.41) is 11.1. The summed E-state index contributed by atoms with van der Waals surface area (Å²) < 4.78 is 5.64. The fraction of sp³-hybridized carbons (Fsp3) is 0.333. The number of hydrogen-bond acceptors (Lipinski definition) is 5. The Balaban J connectivity index is 1.78. The molecule has 0 spiro atoms. The fourth-order valence-electron chi connectivity index (χ4n) is 1.48. The maximum atomic E-state index is 5.64. The van der Waals surface area contributed by atoms with Crippen molar-refractivity contribution in [2.24, 2.45) is 0 Å². The van der Waals surface area contributed by atoms with Gasteiger partial charge in [-0.15, -0.1) is 0 Å². The standard InChI is InChI=1S/C12H15N3OS/c1-17-9-12-5-4-11(16-12)8-13-7-10-3-2-6-14-15-10/h2-6,13H,7-9H2,1H3. The van der Waals surface area contributed by atoms with Gasteiger partial charge in [0.2, 0.25) is 0 Å². The minimum Gasteiger partial charge on any atom is -0.464 e. The van der Waals surface area contributed by atoms with E-state index in [9.17, 15) is 0 Å². The molecule has 0 aromatic carbocycles. The van der Waals surface area contributed by atoms with Gasteiger partial charge in [-0.05, 0) is 30.5 Å². The number of nitrogens with one attached hydrogen (secondary N) is 1. The smallest absolute Gasteiger partial charge is 0.118 e. The van der Waals surface area contributed by atoms with Gasteiger partial charge in [0.15, 0.2) is 0 Å². The second-order valence-electron chi connectivity index (χ2n) is 3.62. The molecule has 0 amide bonds. The molecule has 0 saturated carbocycles. The van der Waals surface area contributed by atoms with Crippen molar-refractivity contribution < 1.29 is 4.42 Å². The monoisotopic (exact) mass is 249 g/mol. The van der Waals surface area contributed by atoms with Crippen molar-refractivity contribution in [2.45, 2.75) is 18.8 Å². The van der Waals surface area contributed by atoms with E-state index in [4.69, 9.17) is 4.42 Å². The van der Waals surface area contributed by atoms with Crippen LogP contribution in [-0.4, -0.2) is 16.5 Å². The summed E-state index contributed by atoms with van der Waals surface area (Å²) in [5.74, 6) is 2.90. The number of rotatable bonds is 6. The average molecular weight is 249 g/mol. The van der Waals surface area contributed by atoms with Crippen LogP contribution >= 0.6 is 11.8 Å². The first-order valence-corrected chi connectivity index (χ1v) is 6.81. The maximum absolute atomic E-state index is 5.64. The van der Waals surface area contributed by atoms with Crippen LogP contribution < -0.4 is 5.32 Å². The summed E-state index contributed by atoms with van der Waals surface area (Å²) in [4.78, 5) is 0. The Kier molecular flexibility index (Phi) is 4.58. The van der Waals surface area contributed by atoms with E-state index < -0.39 is 0 Å². The highest BCUT2D eigenvalue weighted by Gasteiger charge is 2.01. The van der Waals surface area contributed by atoms with Crippen LogP contribution in [0.3, 0.4) is 0 Å². The zero-order chi connectivity index (χ0) is 11.9. The van der Waals surface area contributed by atoms with Gasteiger partial charge in [0.05, 0.1) is 18.0 Å². The lowest BCUT2D eigenvalue weighted by molar-refractivity contribution is 0.458. The Labute approximate surface area is 105 Å². The highest BCUT2D eigenvalue weighted by Crippen LogP contribution is 2.13. The molecule has 90 valence electrons. The van der Waals surface area contributed by atoms with Crippen LogP contribution in [0.1, 0.15) is 17.2 Å². The quantitative estimate of drug-likeness (QED) is 0.850. The highest BCUT2D eigenvalue weighted by atomic mass is 32.2. The molecule has 2 rings (SSSR count). The third-order valence-corrected chi connectivity index (χ3v) is 2.81. The molecule has 2 aromatic rings. The fourth-order valence-corrected chi connectivity index (χ4v) is 1.92. The first kappa shape index (κ1) is 12.1. The number of aromatic nitrogens is 2. The molecule has 0 atom stereocenters. The van der Waals surface area contributed by atoms with Crippen molar-refractivity contribution in [1.82, 2.24) is 15.5 Å². The van der Waals surface area contributed by atoms with Gasteiger partial charge in [-0.1, -0.05) is 0 Å². The molecule has 0 unspecified atom stereocenters. The van der Waals surface area contributed by atoms with Crippen LogP contribution in [-0.2, 0) is 18.8 Å². The van der Waals surface area contributed by atoms with Crippen LogP contribution in [0.2, 0.25) is 0 Å². The predicted molar refractivity (Wildman–Crippen MR) is 68.5 cm³/mol. The van der Waals surface area contributed by atoms with Gasteiger partial charge in [-0.3, -0.25) is 0 Å². The zero-order valence-corrected chi connectivity index (χ0v) is 10.5. The molecule has 0 fully saturated rings. The molecule has 5 heteroatoms. The third-order valence-electron chi connectivity index (χ3n) is 2.24. The first-order chi connectivity index (χ1) is 8.38. The molecule has 0 radical (unpaired) electrons. The van der Waals surface area contributed by atoms with E-state index >= 15 is 0 Å². The van der Waals surface area contributed by atoms with Gasteiger partial charge in [0.25, 0.3) is 0 Å². The van der Waals surface area contributed by atoms with Gasteiger partial charge in [0, 0.05) is 12.7 Å². The summed E-state index contributed by atoms with van der Waals surface area (Å²) in [6.07, 6.45) is 3.74. The number of thioether (sulfide) groups is 1. The SMILES string of the molecule is CSCc1ccc(CNCc2cccnn2)o1. The van der Waals surface area contributed by atoms with Gasteiger partial charge in [0.1, 0.15) is 11.5 Å². The van der Waals surface area contributed by atoms with E-state index in [-0.39, 0.29) is 0 Å². The molecule has 17 heavy (non-hydrogen) atoms. The van der Waals surface area contributed by atoms with E-state index in [1.807, 2.05) is 24.3 Å². The van der Waals surface area contributed by atoms with Gasteiger partial charge >= 0.3 is 0 Å². The lowest BCUT2D eigenvalue weighted by Crippen LogP contribution is -2.13. The minimum atomic E-state index is 0.701. The first-order valence-electron chi connectivity index (χ1n) is 5.42. The summed E-state index contributed by atoms with van der Waals surface area (Å²) >= 11 is 1.76. The molecular weight excluding hydrogens is 234 g/mol. The van der Waals surface area contributed by atoms with E-state index in [2.05, 4.69) is 21.8 Å². The summed E-state index contributed by atoms with van der Waals surface area (Å²) in [7, 11) is 0. The number of furan rings is 1. The van der Waals surface area contributed by atoms with Gasteiger partial charge < -0.3 is 9.73 Å². The van der Waals surface area contributed by atoms with Crippen LogP contribution in [0.15, 0.2) is 34.9 Å².